The quantitative estimate of drug-likeness (QED) is 0.725. The van der Waals surface area contributed by atoms with E-state index < -0.39 is 10.0 Å². The second-order valence-electron chi connectivity index (χ2n) is 5.95. The van der Waals surface area contributed by atoms with E-state index in [2.05, 4.69) is 5.32 Å². The molecule has 1 N–H and O–H groups in total. The molecule has 0 radical (unpaired) electrons. The van der Waals surface area contributed by atoms with Crippen LogP contribution in [0.25, 0.3) is 0 Å². The van der Waals surface area contributed by atoms with Gasteiger partial charge in [0.25, 0.3) is 0 Å². The summed E-state index contributed by atoms with van der Waals surface area (Å²) in [5.41, 5.74) is 1.98. The van der Waals surface area contributed by atoms with Crippen LogP contribution in [0.15, 0.2) is 42.5 Å². The maximum atomic E-state index is 12.1. The normalized spacial score (nSPS) is 11.2. The van der Waals surface area contributed by atoms with Crippen molar-refractivity contribution in [3.05, 3.63) is 58.1 Å². The Balaban J connectivity index is 1.99. The second-order valence-corrected chi connectivity index (χ2v) is 8.70. The number of aryl methyl sites for hydroxylation is 1. The number of anilines is 2. The zero-order valence-electron chi connectivity index (χ0n) is 14.5. The molecule has 0 heterocycles. The maximum Gasteiger partial charge on any atom is 0.232 e. The van der Waals surface area contributed by atoms with Crippen LogP contribution in [0.5, 0.6) is 0 Å². The van der Waals surface area contributed by atoms with E-state index in [-0.39, 0.29) is 18.9 Å². The lowest BCUT2D eigenvalue weighted by atomic mass is 10.2. The Bertz CT molecular complexity index is 901. The molecule has 8 heteroatoms. The number of hydrogen-bond donors (Lipinski definition) is 1. The third-order valence-corrected chi connectivity index (χ3v) is 5.42. The first-order chi connectivity index (χ1) is 12.2. The highest BCUT2D eigenvalue weighted by molar-refractivity contribution is 7.92. The Morgan fingerprint density at radius 2 is 1.88 bits per heavy atom. The minimum atomic E-state index is -3.44. The topological polar surface area (TPSA) is 66.5 Å². The molecule has 0 saturated heterocycles. The van der Waals surface area contributed by atoms with Gasteiger partial charge in [-0.15, -0.1) is 0 Å². The molecule has 0 fully saturated rings. The number of halogens is 2. The molecule has 0 spiro atoms. The molecule has 2 rings (SSSR count). The number of nitrogens with zero attached hydrogens (tertiary/aromatic N) is 1. The molecule has 2 aromatic rings. The first-order valence-corrected chi connectivity index (χ1v) is 10.6. The van der Waals surface area contributed by atoms with Crippen LogP contribution in [0.2, 0.25) is 10.0 Å². The molecular formula is C18H20Cl2N2O3S. The maximum absolute atomic E-state index is 12.1. The third-order valence-electron chi connectivity index (χ3n) is 3.66. The van der Waals surface area contributed by atoms with E-state index in [1.165, 1.54) is 4.31 Å². The van der Waals surface area contributed by atoms with Gasteiger partial charge >= 0.3 is 0 Å². The van der Waals surface area contributed by atoms with Crippen molar-refractivity contribution < 1.29 is 13.2 Å². The smallest absolute Gasteiger partial charge is 0.232 e. The van der Waals surface area contributed by atoms with Gasteiger partial charge in [-0.2, -0.15) is 0 Å². The molecule has 0 atom stereocenters. The highest BCUT2D eigenvalue weighted by Crippen LogP contribution is 2.25. The number of sulfonamides is 1. The SMILES string of the molecule is Cc1cccc(N(CCCC(=O)Nc2cc(Cl)ccc2Cl)S(C)(=O)=O)c1. The largest absolute Gasteiger partial charge is 0.325 e. The van der Waals surface area contributed by atoms with Gasteiger partial charge in [-0.3, -0.25) is 9.10 Å². The van der Waals surface area contributed by atoms with Crippen molar-refractivity contribution in [1.82, 2.24) is 0 Å². The van der Waals surface area contributed by atoms with Crippen LogP contribution < -0.4 is 9.62 Å². The summed E-state index contributed by atoms with van der Waals surface area (Å²) in [5.74, 6) is -0.258. The van der Waals surface area contributed by atoms with Crippen LogP contribution in [-0.4, -0.2) is 27.1 Å². The fraction of sp³-hybridized carbons (Fsp3) is 0.278. The van der Waals surface area contributed by atoms with Crippen molar-refractivity contribution in [2.45, 2.75) is 19.8 Å². The van der Waals surface area contributed by atoms with Crippen molar-refractivity contribution in [2.24, 2.45) is 0 Å². The van der Waals surface area contributed by atoms with E-state index in [4.69, 9.17) is 23.2 Å². The van der Waals surface area contributed by atoms with Crippen LogP contribution >= 0.6 is 23.2 Å². The van der Waals surface area contributed by atoms with Gasteiger partial charge < -0.3 is 5.32 Å². The Morgan fingerprint density at radius 3 is 2.54 bits per heavy atom. The second kappa shape index (κ2) is 8.75. The van der Waals surface area contributed by atoms with Gasteiger partial charge in [0.05, 0.1) is 22.7 Å². The Morgan fingerprint density at radius 1 is 1.15 bits per heavy atom. The summed E-state index contributed by atoms with van der Waals surface area (Å²) in [6.07, 6.45) is 1.67. The number of hydrogen-bond acceptors (Lipinski definition) is 3. The molecule has 2 aromatic carbocycles. The Labute approximate surface area is 164 Å². The minimum Gasteiger partial charge on any atom is -0.325 e. The molecule has 26 heavy (non-hydrogen) atoms. The van der Waals surface area contributed by atoms with E-state index in [1.54, 1.807) is 36.4 Å². The monoisotopic (exact) mass is 414 g/mol. The fourth-order valence-electron chi connectivity index (χ4n) is 2.46. The summed E-state index contributed by atoms with van der Waals surface area (Å²) in [6.45, 7) is 2.10. The lowest BCUT2D eigenvalue weighted by Crippen LogP contribution is -2.31. The lowest BCUT2D eigenvalue weighted by Gasteiger charge is -2.22. The van der Waals surface area contributed by atoms with Crippen LogP contribution in [-0.2, 0) is 14.8 Å². The number of carbonyl (C=O) groups is 1. The Kier molecular flexibility index (Phi) is 6.92. The van der Waals surface area contributed by atoms with Gasteiger partial charge in [0, 0.05) is 18.0 Å². The van der Waals surface area contributed by atoms with E-state index in [0.29, 0.717) is 27.8 Å². The summed E-state index contributed by atoms with van der Waals surface area (Å²) in [6, 6.07) is 12.0. The van der Waals surface area contributed by atoms with Gasteiger partial charge in [0.2, 0.25) is 15.9 Å². The lowest BCUT2D eigenvalue weighted by molar-refractivity contribution is -0.116. The average Bonchev–Trinajstić information content (AvgIpc) is 2.54. The standard InChI is InChI=1S/C18H20Cl2N2O3S/c1-13-5-3-6-15(11-13)22(26(2,24)25)10-4-7-18(23)21-17-12-14(19)8-9-16(17)20/h3,5-6,8-9,11-12H,4,7,10H2,1-2H3,(H,21,23). The molecule has 0 aromatic heterocycles. The van der Waals surface area contributed by atoms with Crippen LogP contribution in [0, 0.1) is 6.92 Å². The van der Waals surface area contributed by atoms with Crippen molar-refractivity contribution in [3.63, 3.8) is 0 Å². The number of rotatable bonds is 7. The molecule has 0 aliphatic carbocycles. The van der Waals surface area contributed by atoms with Crippen LogP contribution in [0.4, 0.5) is 11.4 Å². The zero-order valence-corrected chi connectivity index (χ0v) is 16.8. The first kappa shape index (κ1) is 20.6. The number of amides is 1. The molecule has 1 amide bonds. The fourth-order valence-corrected chi connectivity index (χ4v) is 3.75. The Hall–Kier alpha value is -1.76. The predicted octanol–water partition coefficient (Wildman–Crippen LogP) is 4.49. The summed E-state index contributed by atoms with van der Waals surface area (Å²) >= 11 is 11.9. The van der Waals surface area contributed by atoms with Gasteiger partial charge in [-0.25, -0.2) is 8.42 Å². The van der Waals surface area contributed by atoms with Crippen molar-refractivity contribution >= 4 is 50.5 Å². The molecule has 0 bridgehead atoms. The molecule has 0 unspecified atom stereocenters. The van der Waals surface area contributed by atoms with E-state index >= 15 is 0 Å². The van der Waals surface area contributed by atoms with Crippen molar-refractivity contribution in [1.29, 1.82) is 0 Å². The average molecular weight is 415 g/mol. The number of nitrogens with one attached hydrogen (secondary N) is 1. The zero-order chi connectivity index (χ0) is 19.3. The molecule has 140 valence electrons. The number of carbonyl (C=O) groups excluding carboxylic acids is 1. The third kappa shape index (κ3) is 5.90. The highest BCUT2D eigenvalue weighted by atomic mass is 35.5. The first-order valence-electron chi connectivity index (χ1n) is 7.96. The van der Waals surface area contributed by atoms with Crippen molar-refractivity contribution in [2.75, 3.05) is 22.4 Å². The molecule has 0 saturated carbocycles. The van der Waals surface area contributed by atoms with Crippen molar-refractivity contribution in [3.8, 4) is 0 Å². The number of benzene rings is 2. The summed E-state index contributed by atoms with van der Waals surface area (Å²) in [7, 11) is -3.44. The van der Waals surface area contributed by atoms with Crippen LogP contribution in [0.1, 0.15) is 18.4 Å². The molecular weight excluding hydrogens is 395 g/mol. The van der Waals surface area contributed by atoms with Gasteiger partial charge in [0.15, 0.2) is 0 Å². The van der Waals surface area contributed by atoms with E-state index in [0.717, 1.165) is 11.8 Å². The summed E-state index contributed by atoms with van der Waals surface area (Å²) in [5, 5.41) is 3.54. The molecule has 0 aliphatic heterocycles. The van der Waals surface area contributed by atoms with Gasteiger partial charge in [-0.05, 0) is 49.2 Å². The van der Waals surface area contributed by atoms with E-state index in [9.17, 15) is 13.2 Å². The molecule has 5 nitrogen and oxygen atoms in total. The summed E-state index contributed by atoms with van der Waals surface area (Å²) < 4.78 is 25.5. The minimum absolute atomic E-state index is 0.153. The highest BCUT2D eigenvalue weighted by Gasteiger charge is 2.17. The van der Waals surface area contributed by atoms with E-state index in [1.807, 2.05) is 13.0 Å². The summed E-state index contributed by atoms with van der Waals surface area (Å²) in [4.78, 5) is 12.1. The molecule has 0 aliphatic rings. The van der Waals surface area contributed by atoms with Gasteiger partial charge in [0.1, 0.15) is 0 Å². The van der Waals surface area contributed by atoms with Crippen LogP contribution in [0.3, 0.4) is 0 Å². The van der Waals surface area contributed by atoms with Gasteiger partial charge in [-0.1, -0.05) is 35.3 Å². The predicted molar refractivity (Wildman–Crippen MR) is 108 cm³/mol.